The number of ether oxygens (including phenoxy) is 1. The fourth-order valence-corrected chi connectivity index (χ4v) is 2.93. The minimum atomic E-state index is -0.130. The van der Waals surface area contributed by atoms with Crippen LogP contribution in [0.1, 0.15) is 27.9 Å². The van der Waals surface area contributed by atoms with E-state index in [9.17, 15) is 4.79 Å². The first-order valence-corrected chi connectivity index (χ1v) is 8.00. The maximum Gasteiger partial charge on any atom is 0.289 e. The van der Waals surface area contributed by atoms with Crippen molar-refractivity contribution in [3.05, 3.63) is 35.5 Å². The number of furan rings is 1. The fraction of sp³-hybridized carbons (Fsp3) is 0.562. The molecule has 0 bridgehead atoms. The zero-order valence-corrected chi connectivity index (χ0v) is 14.3. The summed E-state index contributed by atoms with van der Waals surface area (Å²) < 4.78 is 12.8. The lowest BCUT2D eigenvalue weighted by molar-refractivity contribution is 0.0587. The molecule has 0 aromatic carbocycles. The average Bonchev–Trinajstić information content (AvgIpc) is 3.21. The van der Waals surface area contributed by atoms with Crippen LogP contribution < -0.4 is 0 Å². The van der Waals surface area contributed by atoms with Crippen LogP contribution in [0.25, 0.3) is 0 Å². The molecule has 0 saturated carbocycles. The first-order valence-electron chi connectivity index (χ1n) is 8.00. The Labute approximate surface area is 141 Å². The van der Waals surface area contributed by atoms with E-state index in [4.69, 9.17) is 9.15 Å². The van der Waals surface area contributed by atoms with E-state index in [1.165, 1.54) is 6.26 Å². The van der Waals surface area contributed by atoms with E-state index in [2.05, 4.69) is 15.2 Å². The second-order valence-electron chi connectivity index (χ2n) is 6.28. The molecular formula is C16H23N5O3. The van der Waals surface area contributed by atoms with Crippen LogP contribution in [0.3, 0.4) is 0 Å². The summed E-state index contributed by atoms with van der Waals surface area (Å²) in [7, 11) is 5.90. The van der Waals surface area contributed by atoms with Crippen LogP contribution in [-0.2, 0) is 18.3 Å². The summed E-state index contributed by atoms with van der Waals surface area (Å²) in [5, 5.41) is 8.30. The van der Waals surface area contributed by atoms with Gasteiger partial charge in [-0.3, -0.25) is 9.48 Å². The smallest absolute Gasteiger partial charge is 0.289 e. The predicted molar refractivity (Wildman–Crippen MR) is 86.6 cm³/mol. The number of rotatable bonds is 6. The molecule has 1 atom stereocenters. The lowest BCUT2D eigenvalue weighted by Gasteiger charge is -2.31. The van der Waals surface area contributed by atoms with Crippen molar-refractivity contribution in [1.82, 2.24) is 24.8 Å². The minimum absolute atomic E-state index is 0.0508. The SMILES string of the molecule is CN(C)CCOC[C@H]1CN(C(=O)c2ccco2)Cc2nnn(C)c21. The standard InChI is InChI=1S/C16H23N5O3/c1-19(2)6-8-23-11-12-9-21(16(22)14-5-4-7-24-14)10-13-15(12)20(3)18-17-13/h4-5,7,12H,6,8-11H2,1-3H3/t12-/m1/s1. The Bertz CT molecular complexity index is 680. The molecule has 2 aromatic rings. The molecule has 1 aliphatic rings. The van der Waals surface area contributed by atoms with Gasteiger partial charge in [0.2, 0.25) is 0 Å². The van der Waals surface area contributed by atoms with E-state index in [0.29, 0.717) is 32.1 Å². The van der Waals surface area contributed by atoms with Crippen molar-refractivity contribution >= 4 is 5.91 Å². The highest BCUT2D eigenvalue weighted by atomic mass is 16.5. The Kier molecular flexibility index (Phi) is 4.96. The van der Waals surface area contributed by atoms with E-state index in [1.807, 2.05) is 21.1 Å². The number of likely N-dealkylation sites (N-methyl/N-ethyl adjacent to an activating group) is 1. The number of carbonyl (C=O) groups is 1. The summed E-state index contributed by atoms with van der Waals surface area (Å²) in [4.78, 5) is 16.4. The van der Waals surface area contributed by atoms with Gasteiger partial charge < -0.3 is 19.0 Å². The van der Waals surface area contributed by atoms with Crippen LogP contribution in [-0.4, -0.2) is 71.1 Å². The molecule has 3 heterocycles. The number of hydrogen-bond donors (Lipinski definition) is 0. The molecule has 130 valence electrons. The quantitative estimate of drug-likeness (QED) is 0.725. The fourth-order valence-electron chi connectivity index (χ4n) is 2.93. The highest BCUT2D eigenvalue weighted by Gasteiger charge is 2.33. The van der Waals surface area contributed by atoms with Crippen molar-refractivity contribution in [1.29, 1.82) is 0 Å². The zero-order valence-electron chi connectivity index (χ0n) is 14.3. The van der Waals surface area contributed by atoms with E-state index < -0.39 is 0 Å². The number of nitrogens with zero attached hydrogens (tertiary/aromatic N) is 5. The molecule has 8 heteroatoms. The molecule has 0 N–H and O–H groups in total. The van der Waals surface area contributed by atoms with Crippen LogP contribution in [0.5, 0.6) is 0 Å². The average molecular weight is 333 g/mol. The first-order chi connectivity index (χ1) is 11.6. The predicted octanol–water partition coefficient (Wildman–Crippen LogP) is 0.726. The molecule has 8 nitrogen and oxygen atoms in total. The van der Waals surface area contributed by atoms with Crippen molar-refractivity contribution in [2.45, 2.75) is 12.5 Å². The normalized spacial score (nSPS) is 17.3. The van der Waals surface area contributed by atoms with Crippen LogP contribution in [0.2, 0.25) is 0 Å². The molecular weight excluding hydrogens is 310 g/mol. The number of fused-ring (bicyclic) bond motifs is 1. The van der Waals surface area contributed by atoms with Crippen molar-refractivity contribution in [2.75, 3.05) is 40.4 Å². The van der Waals surface area contributed by atoms with E-state index in [1.54, 1.807) is 21.7 Å². The summed E-state index contributed by atoms with van der Waals surface area (Å²) in [5.41, 5.74) is 1.87. The summed E-state index contributed by atoms with van der Waals surface area (Å²) in [6, 6.07) is 3.39. The summed E-state index contributed by atoms with van der Waals surface area (Å²) in [6.45, 7) is 3.05. The number of aryl methyl sites for hydroxylation is 1. The largest absolute Gasteiger partial charge is 0.459 e. The lowest BCUT2D eigenvalue weighted by atomic mass is 9.98. The van der Waals surface area contributed by atoms with Crippen molar-refractivity contribution in [3.63, 3.8) is 0 Å². The maximum atomic E-state index is 12.6. The van der Waals surface area contributed by atoms with Gasteiger partial charge in [-0.1, -0.05) is 5.21 Å². The highest BCUT2D eigenvalue weighted by molar-refractivity contribution is 5.91. The second-order valence-corrected chi connectivity index (χ2v) is 6.28. The molecule has 1 aliphatic heterocycles. The van der Waals surface area contributed by atoms with Crippen LogP contribution in [0, 0.1) is 0 Å². The van der Waals surface area contributed by atoms with Crippen molar-refractivity contribution < 1.29 is 13.9 Å². The first kappa shape index (κ1) is 16.7. The minimum Gasteiger partial charge on any atom is -0.459 e. The van der Waals surface area contributed by atoms with Gasteiger partial charge in [0, 0.05) is 26.1 Å². The van der Waals surface area contributed by atoms with Crippen molar-refractivity contribution in [3.8, 4) is 0 Å². The van der Waals surface area contributed by atoms with Gasteiger partial charge in [-0.2, -0.15) is 0 Å². The molecule has 0 aliphatic carbocycles. The van der Waals surface area contributed by atoms with Gasteiger partial charge in [0.1, 0.15) is 5.69 Å². The van der Waals surface area contributed by atoms with E-state index in [-0.39, 0.29) is 11.8 Å². The highest BCUT2D eigenvalue weighted by Crippen LogP contribution is 2.27. The Balaban J connectivity index is 1.72. The summed E-state index contributed by atoms with van der Waals surface area (Å²) in [6.07, 6.45) is 1.51. The Morgan fingerprint density at radius 3 is 3.04 bits per heavy atom. The number of aromatic nitrogens is 3. The monoisotopic (exact) mass is 333 g/mol. The van der Waals surface area contributed by atoms with Crippen LogP contribution in [0.15, 0.2) is 22.8 Å². The van der Waals surface area contributed by atoms with Gasteiger partial charge in [0.05, 0.1) is 31.7 Å². The summed E-state index contributed by atoms with van der Waals surface area (Å²) in [5.74, 6) is 0.263. The topological polar surface area (TPSA) is 76.6 Å². The Morgan fingerprint density at radius 2 is 2.33 bits per heavy atom. The molecule has 0 saturated heterocycles. The third-order valence-corrected chi connectivity index (χ3v) is 4.13. The molecule has 24 heavy (non-hydrogen) atoms. The van der Waals surface area contributed by atoms with Gasteiger partial charge in [-0.25, -0.2) is 0 Å². The molecule has 0 spiro atoms. The third-order valence-electron chi connectivity index (χ3n) is 4.13. The molecule has 1 amide bonds. The molecule has 0 unspecified atom stereocenters. The Hall–Kier alpha value is -2.19. The number of hydrogen-bond acceptors (Lipinski definition) is 6. The third kappa shape index (κ3) is 3.49. The van der Waals surface area contributed by atoms with Crippen LogP contribution >= 0.6 is 0 Å². The van der Waals surface area contributed by atoms with Gasteiger partial charge in [0.15, 0.2) is 5.76 Å². The molecule has 0 fully saturated rings. The van der Waals surface area contributed by atoms with Gasteiger partial charge in [0.25, 0.3) is 5.91 Å². The van der Waals surface area contributed by atoms with E-state index >= 15 is 0 Å². The number of amides is 1. The van der Waals surface area contributed by atoms with Gasteiger partial charge in [-0.05, 0) is 26.2 Å². The molecule has 3 rings (SSSR count). The van der Waals surface area contributed by atoms with Gasteiger partial charge in [-0.15, -0.1) is 5.10 Å². The second kappa shape index (κ2) is 7.14. The van der Waals surface area contributed by atoms with Crippen molar-refractivity contribution in [2.24, 2.45) is 7.05 Å². The summed E-state index contributed by atoms with van der Waals surface area (Å²) >= 11 is 0. The zero-order chi connectivity index (χ0) is 17.1. The lowest BCUT2D eigenvalue weighted by Crippen LogP contribution is -2.40. The molecule has 2 aromatic heterocycles. The van der Waals surface area contributed by atoms with E-state index in [0.717, 1.165) is 17.9 Å². The van der Waals surface area contributed by atoms with Crippen LogP contribution in [0.4, 0.5) is 0 Å². The Morgan fingerprint density at radius 1 is 1.50 bits per heavy atom. The molecule has 0 radical (unpaired) electrons. The number of carbonyl (C=O) groups excluding carboxylic acids is 1. The maximum absolute atomic E-state index is 12.6. The van der Waals surface area contributed by atoms with Gasteiger partial charge >= 0.3 is 0 Å².